The third-order valence-electron chi connectivity index (χ3n) is 4.85. The molecule has 0 fully saturated rings. The number of carbonyl (C=O) groups excluding carboxylic acids is 1. The van der Waals surface area contributed by atoms with Crippen LogP contribution in [-0.4, -0.2) is 62.4 Å². The van der Waals surface area contributed by atoms with Crippen molar-refractivity contribution in [2.24, 2.45) is 0 Å². The summed E-state index contributed by atoms with van der Waals surface area (Å²) in [5.41, 5.74) is 2.32. The average Bonchev–Trinajstić information content (AvgIpc) is 2.76. The van der Waals surface area contributed by atoms with Crippen LogP contribution in [0.3, 0.4) is 0 Å². The van der Waals surface area contributed by atoms with Gasteiger partial charge in [0, 0.05) is 6.54 Å². The number of aliphatic carboxylic acids is 1. The highest BCUT2D eigenvalue weighted by Crippen LogP contribution is 2.22. The first-order valence-electron chi connectivity index (χ1n) is 10.8. The highest BCUT2D eigenvalue weighted by Gasteiger charge is 2.18. The van der Waals surface area contributed by atoms with E-state index in [1.165, 1.54) is 5.56 Å². The second-order valence-corrected chi connectivity index (χ2v) is 7.89. The maximum atomic E-state index is 12.0. The first kappa shape index (κ1) is 25.2. The number of carboxylic acids is 1. The number of likely N-dealkylation sites (N-methyl/N-ethyl adjacent to an activating group) is 1. The van der Waals surface area contributed by atoms with Crippen molar-refractivity contribution in [3.05, 3.63) is 59.7 Å². The summed E-state index contributed by atoms with van der Waals surface area (Å²) < 4.78 is 16.8. The van der Waals surface area contributed by atoms with Crippen molar-refractivity contribution in [1.29, 1.82) is 0 Å². The molecule has 0 saturated carbocycles. The van der Waals surface area contributed by atoms with Crippen LogP contribution in [0.15, 0.2) is 48.5 Å². The summed E-state index contributed by atoms with van der Waals surface area (Å²) in [5.74, 6) is 0.0687. The van der Waals surface area contributed by atoms with E-state index in [9.17, 15) is 9.59 Å². The molecule has 7 nitrogen and oxygen atoms in total. The highest BCUT2D eigenvalue weighted by molar-refractivity contribution is 5.76. The molecule has 174 valence electrons. The molecule has 0 radical (unpaired) electrons. The number of hydrogen-bond acceptors (Lipinski definition) is 6. The lowest BCUT2D eigenvalue weighted by Gasteiger charge is -2.22. The van der Waals surface area contributed by atoms with Gasteiger partial charge in [-0.3, -0.25) is 9.59 Å². The quantitative estimate of drug-likeness (QED) is 0.447. The monoisotopic (exact) mass is 443 g/mol. The third kappa shape index (κ3) is 9.39. The molecule has 0 bridgehead atoms. The Balaban J connectivity index is 1.92. The second kappa shape index (κ2) is 13.4. The van der Waals surface area contributed by atoms with E-state index in [-0.39, 0.29) is 19.4 Å². The Labute approximate surface area is 189 Å². The van der Waals surface area contributed by atoms with Gasteiger partial charge in [0.2, 0.25) is 0 Å². The third-order valence-corrected chi connectivity index (χ3v) is 4.85. The molecule has 0 aliphatic carbocycles. The zero-order chi connectivity index (χ0) is 23.3. The number of aryl methyl sites for hydroxylation is 2. The molecule has 1 atom stereocenters. The number of carbonyl (C=O) groups is 2. The van der Waals surface area contributed by atoms with E-state index in [1.807, 2.05) is 61.5 Å². The predicted octanol–water partition coefficient (Wildman–Crippen LogP) is 3.59. The number of carboxylic acid groups (broad SMARTS) is 1. The number of ether oxygens (including phenoxy) is 3. The summed E-state index contributed by atoms with van der Waals surface area (Å²) in [4.78, 5) is 24.5. The molecule has 1 N–H and O–H groups in total. The minimum absolute atomic E-state index is 0.153. The van der Waals surface area contributed by atoms with Gasteiger partial charge in [0.25, 0.3) is 0 Å². The maximum absolute atomic E-state index is 12.0. The van der Waals surface area contributed by atoms with Gasteiger partial charge >= 0.3 is 11.9 Å². The standard InChI is InChI=1S/C25H33NO6/c1-26(2)17-22(32-25(29)15-14-24(27)28)18-31-23-13-5-4-10-20(23)11-6-8-19-9-7-12-21(16-19)30-3/h4-5,7,9-10,12-13,16,22H,6,8,11,14-15,17-18H2,1-3H3,(H,27,28). The van der Waals surface area contributed by atoms with Crippen LogP contribution in [0.5, 0.6) is 11.5 Å². The van der Waals surface area contributed by atoms with Crippen LogP contribution in [0.25, 0.3) is 0 Å². The van der Waals surface area contributed by atoms with Gasteiger partial charge in [0.15, 0.2) is 0 Å². The Kier molecular flexibility index (Phi) is 10.5. The summed E-state index contributed by atoms with van der Waals surface area (Å²) in [6, 6.07) is 15.9. The van der Waals surface area contributed by atoms with Crippen molar-refractivity contribution >= 4 is 11.9 Å². The van der Waals surface area contributed by atoms with E-state index in [4.69, 9.17) is 19.3 Å². The number of methoxy groups -OCH3 is 1. The lowest BCUT2D eigenvalue weighted by Crippen LogP contribution is -2.35. The Morgan fingerprint density at radius 3 is 2.53 bits per heavy atom. The Hall–Kier alpha value is -3.06. The molecule has 0 aromatic heterocycles. The molecule has 32 heavy (non-hydrogen) atoms. The van der Waals surface area contributed by atoms with Crippen molar-refractivity contribution in [2.75, 3.05) is 34.4 Å². The van der Waals surface area contributed by atoms with Crippen molar-refractivity contribution in [3.8, 4) is 11.5 Å². The van der Waals surface area contributed by atoms with Gasteiger partial charge in [-0.15, -0.1) is 0 Å². The number of benzene rings is 2. The molecule has 0 amide bonds. The molecule has 2 aromatic carbocycles. The number of para-hydroxylation sites is 1. The van der Waals surface area contributed by atoms with Crippen LogP contribution in [-0.2, 0) is 27.2 Å². The van der Waals surface area contributed by atoms with Gasteiger partial charge in [-0.2, -0.15) is 0 Å². The van der Waals surface area contributed by atoms with E-state index >= 15 is 0 Å². The Morgan fingerprint density at radius 2 is 1.81 bits per heavy atom. The summed E-state index contributed by atoms with van der Waals surface area (Å²) in [7, 11) is 5.43. The van der Waals surface area contributed by atoms with Crippen molar-refractivity contribution < 1.29 is 28.9 Å². The van der Waals surface area contributed by atoms with Gasteiger partial charge in [-0.25, -0.2) is 0 Å². The van der Waals surface area contributed by atoms with Crippen LogP contribution < -0.4 is 9.47 Å². The molecule has 0 aliphatic rings. The molecule has 1 unspecified atom stereocenters. The fourth-order valence-corrected chi connectivity index (χ4v) is 3.33. The van der Waals surface area contributed by atoms with E-state index in [1.54, 1.807) is 7.11 Å². The lowest BCUT2D eigenvalue weighted by molar-refractivity contribution is -0.153. The molecule has 0 aliphatic heterocycles. The molecule has 7 heteroatoms. The van der Waals surface area contributed by atoms with Crippen LogP contribution in [0, 0.1) is 0 Å². The van der Waals surface area contributed by atoms with Crippen molar-refractivity contribution in [3.63, 3.8) is 0 Å². The number of esters is 1. The smallest absolute Gasteiger partial charge is 0.306 e. The summed E-state index contributed by atoms with van der Waals surface area (Å²) in [6.45, 7) is 0.681. The predicted molar refractivity (Wildman–Crippen MR) is 122 cm³/mol. The van der Waals surface area contributed by atoms with E-state index in [0.29, 0.717) is 6.54 Å². The van der Waals surface area contributed by atoms with Gasteiger partial charge in [-0.05, 0) is 62.7 Å². The van der Waals surface area contributed by atoms with Crippen LogP contribution in [0.2, 0.25) is 0 Å². The lowest BCUT2D eigenvalue weighted by atomic mass is 10.0. The largest absolute Gasteiger partial charge is 0.497 e. The highest BCUT2D eigenvalue weighted by atomic mass is 16.6. The van der Waals surface area contributed by atoms with E-state index in [2.05, 4.69) is 6.07 Å². The zero-order valence-corrected chi connectivity index (χ0v) is 19.1. The van der Waals surface area contributed by atoms with Gasteiger partial charge in [0.05, 0.1) is 20.0 Å². The first-order valence-corrected chi connectivity index (χ1v) is 10.8. The fraction of sp³-hybridized carbons (Fsp3) is 0.440. The molecule has 2 aromatic rings. The second-order valence-electron chi connectivity index (χ2n) is 7.89. The molecular formula is C25H33NO6. The normalized spacial score (nSPS) is 11.8. The molecule has 0 spiro atoms. The van der Waals surface area contributed by atoms with Gasteiger partial charge in [0.1, 0.15) is 24.2 Å². The minimum Gasteiger partial charge on any atom is -0.497 e. The molecule has 0 saturated heterocycles. The van der Waals surface area contributed by atoms with E-state index < -0.39 is 18.0 Å². The summed E-state index contributed by atoms with van der Waals surface area (Å²) in [6.07, 6.45) is 1.85. The van der Waals surface area contributed by atoms with Crippen molar-refractivity contribution in [1.82, 2.24) is 4.90 Å². The molecule has 0 heterocycles. The average molecular weight is 444 g/mol. The molecular weight excluding hydrogens is 410 g/mol. The number of rotatable bonds is 14. The summed E-state index contributed by atoms with van der Waals surface area (Å²) in [5, 5.41) is 8.75. The Bertz CT molecular complexity index is 867. The minimum atomic E-state index is -1.02. The number of hydrogen-bond donors (Lipinski definition) is 1. The van der Waals surface area contributed by atoms with Crippen LogP contribution in [0.1, 0.15) is 30.4 Å². The van der Waals surface area contributed by atoms with Gasteiger partial charge in [-0.1, -0.05) is 30.3 Å². The fourth-order valence-electron chi connectivity index (χ4n) is 3.33. The zero-order valence-electron chi connectivity index (χ0n) is 19.1. The van der Waals surface area contributed by atoms with Gasteiger partial charge < -0.3 is 24.2 Å². The van der Waals surface area contributed by atoms with Crippen LogP contribution in [0.4, 0.5) is 0 Å². The van der Waals surface area contributed by atoms with Crippen molar-refractivity contribution in [2.45, 2.75) is 38.2 Å². The van der Waals surface area contributed by atoms with E-state index in [0.717, 1.165) is 36.3 Å². The number of nitrogens with zero attached hydrogens (tertiary/aromatic N) is 1. The van der Waals surface area contributed by atoms with Crippen LogP contribution >= 0.6 is 0 Å². The molecule has 2 rings (SSSR count). The Morgan fingerprint density at radius 1 is 1.03 bits per heavy atom. The summed E-state index contributed by atoms with van der Waals surface area (Å²) >= 11 is 0. The SMILES string of the molecule is COc1cccc(CCCc2ccccc2OCC(CN(C)C)OC(=O)CCC(=O)O)c1. The topological polar surface area (TPSA) is 85.3 Å². The first-order chi connectivity index (χ1) is 15.4. The maximum Gasteiger partial charge on any atom is 0.306 e.